The van der Waals surface area contributed by atoms with Gasteiger partial charge < -0.3 is 30.5 Å². The van der Waals surface area contributed by atoms with E-state index in [1.54, 1.807) is 38.1 Å². The highest BCUT2D eigenvalue weighted by molar-refractivity contribution is 6.31. The lowest BCUT2D eigenvalue weighted by Gasteiger charge is -2.38. The molecule has 3 atom stereocenters. The smallest absolute Gasteiger partial charge is 0.260 e. The number of allylic oxidation sites excluding steroid dienone is 1. The zero-order chi connectivity index (χ0) is 33.9. The van der Waals surface area contributed by atoms with Crippen molar-refractivity contribution in [3.05, 3.63) is 97.6 Å². The lowest BCUT2D eigenvalue weighted by atomic mass is 9.88. The molecule has 2 aliphatic heterocycles. The molecule has 13 heteroatoms. The second kappa shape index (κ2) is 14.7. The number of nitrogens with zero attached hydrogens (tertiary/aromatic N) is 2. The maximum atomic E-state index is 13.4. The second-order valence-electron chi connectivity index (χ2n) is 11.3. The molecule has 0 saturated heterocycles. The van der Waals surface area contributed by atoms with Gasteiger partial charge in [0.25, 0.3) is 17.7 Å². The molecule has 4 N–H and O–H groups in total. The van der Waals surface area contributed by atoms with Crippen molar-refractivity contribution in [2.75, 3.05) is 20.2 Å². The molecule has 246 valence electrons. The molecule has 3 aliphatic rings. The summed E-state index contributed by atoms with van der Waals surface area (Å²) in [5.41, 5.74) is 5.23. The molecule has 46 heavy (non-hydrogen) atoms. The van der Waals surface area contributed by atoms with Gasteiger partial charge in [-0.05, 0) is 69.7 Å². The van der Waals surface area contributed by atoms with Gasteiger partial charge in [-0.2, -0.15) is 0 Å². The molecule has 0 saturated carbocycles. The SMILES string of the molecule is CC1=C(N2C(=O)c3ccc(Cl)cc3C2O)CC1NC(=O)COc1ccc(Cl)c(F)c1.CNC(CCN1C(=O)C(C)=CC1O)=C(C)C. The average Bonchev–Trinajstić information content (AvgIpc) is 3.40. The molecule has 0 spiro atoms. The van der Waals surface area contributed by atoms with Crippen LogP contribution in [0.3, 0.4) is 0 Å². The van der Waals surface area contributed by atoms with E-state index in [0.717, 1.165) is 23.8 Å². The molecule has 0 radical (unpaired) electrons. The van der Waals surface area contributed by atoms with Gasteiger partial charge in [0, 0.05) is 65.6 Å². The predicted octanol–water partition coefficient (Wildman–Crippen LogP) is 4.82. The fraction of sp³-hybridized carbons (Fsp3) is 0.364. The molecule has 0 fully saturated rings. The monoisotopic (exact) mass is 674 g/mol. The van der Waals surface area contributed by atoms with E-state index in [-0.39, 0.29) is 35.2 Å². The lowest BCUT2D eigenvalue weighted by Crippen LogP contribution is -2.47. The van der Waals surface area contributed by atoms with Crippen molar-refractivity contribution in [1.29, 1.82) is 0 Å². The Morgan fingerprint density at radius 1 is 1.09 bits per heavy atom. The number of rotatable bonds is 9. The van der Waals surface area contributed by atoms with Gasteiger partial charge in [0.05, 0.1) is 11.1 Å². The van der Waals surface area contributed by atoms with Crippen LogP contribution in [-0.4, -0.2) is 70.2 Å². The topological polar surface area (TPSA) is 131 Å². The Hall–Kier alpha value is -3.90. The first-order valence-corrected chi connectivity index (χ1v) is 15.4. The van der Waals surface area contributed by atoms with Crippen LogP contribution in [-0.2, 0) is 9.59 Å². The normalized spacial score (nSPS) is 20.0. The summed E-state index contributed by atoms with van der Waals surface area (Å²) >= 11 is 11.6. The van der Waals surface area contributed by atoms with Crippen LogP contribution in [0.2, 0.25) is 10.0 Å². The predicted molar refractivity (Wildman–Crippen MR) is 172 cm³/mol. The highest BCUT2D eigenvalue weighted by Gasteiger charge is 2.43. The van der Waals surface area contributed by atoms with E-state index in [9.17, 15) is 29.0 Å². The van der Waals surface area contributed by atoms with Crippen LogP contribution in [0.4, 0.5) is 4.39 Å². The number of aliphatic hydroxyl groups excluding tert-OH is 2. The number of fused-ring (bicyclic) bond motifs is 1. The summed E-state index contributed by atoms with van der Waals surface area (Å²) in [6.07, 6.45) is 0.836. The number of amides is 3. The van der Waals surface area contributed by atoms with Crippen LogP contribution in [0.5, 0.6) is 5.75 Å². The lowest BCUT2D eigenvalue weighted by molar-refractivity contribution is -0.131. The van der Waals surface area contributed by atoms with E-state index in [4.69, 9.17) is 27.9 Å². The number of hydrogen-bond donors (Lipinski definition) is 4. The van der Waals surface area contributed by atoms with Crippen LogP contribution in [0.15, 0.2) is 70.6 Å². The van der Waals surface area contributed by atoms with Crippen molar-refractivity contribution < 1.29 is 33.7 Å². The molecule has 2 aromatic rings. The number of ether oxygens (including phenoxy) is 1. The summed E-state index contributed by atoms with van der Waals surface area (Å²) < 4.78 is 18.7. The van der Waals surface area contributed by atoms with Crippen LogP contribution in [0, 0.1) is 5.82 Å². The van der Waals surface area contributed by atoms with Crippen LogP contribution >= 0.6 is 23.2 Å². The highest BCUT2D eigenvalue weighted by atomic mass is 35.5. The van der Waals surface area contributed by atoms with E-state index < -0.39 is 24.2 Å². The first-order chi connectivity index (χ1) is 21.7. The molecular formula is C33H37Cl2FN4O6. The number of nitrogens with one attached hydrogen (secondary N) is 2. The number of aliphatic hydroxyl groups is 2. The third kappa shape index (κ3) is 7.55. The Kier molecular flexibility index (Phi) is 11.2. The minimum Gasteiger partial charge on any atom is -0.484 e. The summed E-state index contributed by atoms with van der Waals surface area (Å²) in [6, 6.07) is 8.40. The Bertz CT molecular complexity index is 1640. The third-order valence-electron chi connectivity index (χ3n) is 8.07. The maximum Gasteiger partial charge on any atom is 0.260 e. The Labute approximate surface area is 277 Å². The van der Waals surface area contributed by atoms with Crippen molar-refractivity contribution in [3.63, 3.8) is 0 Å². The van der Waals surface area contributed by atoms with Crippen molar-refractivity contribution in [3.8, 4) is 5.75 Å². The van der Waals surface area contributed by atoms with Gasteiger partial charge in [0.1, 0.15) is 17.8 Å². The summed E-state index contributed by atoms with van der Waals surface area (Å²) in [5, 5.41) is 26.5. The van der Waals surface area contributed by atoms with Crippen molar-refractivity contribution in [1.82, 2.24) is 20.4 Å². The molecule has 0 bridgehead atoms. The molecule has 0 aromatic heterocycles. The highest BCUT2D eigenvalue weighted by Crippen LogP contribution is 2.42. The molecular weight excluding hydrogens is 638 g/mol. The first kappa shape index (κ1) is 35.0. The van der Waals surface area contributed by atoms with Gasteiger partial charge in [0.15, 0.2) is 12.8 Å². The van der Waals surface area contributed by atoms with Gasteiger partial charge in [-0.15, -0.1) is 0 Å². The van der Waals surface area contributed by atoms with Gasteiger partial charge in [0.2, 0.25) is 0 Å². The number of benzene rings is 2. The van der Waals surface area contributed by atoms with E-state index in [2.05, 4.69) is 10.6 Å². The number of hydrogen-bond acceptors (Lipinski definition) is 7. The second-order valence-corrected chi connectivity index (χ2v) is 12.2. The number of halogens is 3. The minimum atomic E-state index is -1.11. The number of carbonyl (C=O) groups is 3. The maximum absolute atomic E-state index is 13.4. The Morgan fingerprint density at radius 2 is 1.80 bits per heavy atom. The Balaban J connectivity index is 0.000000254. The average molecular weight is 676 g/mol. The molecule has 3 amide bonds. The molecule has 10 nitrogen and oxygen atoms in total. The van der Waals surface area contributed by atoms with Crippen molar-refractivity contribution in [2.45, 2.75) is 59.0 Å². The fourth-order valence-electron chi connectivity index (χ4n) is 5.39. The first-order valence-electron chi connectivity index (χ1n) is 14.6. The van der Waals surface area contributed by atoms with Gasteiger partial charge in [-0.1, -0.05) is 28.8 Å². The third-order valence-corrected chi connectivity index (χ3v) is 8.61. The van der Waals surface area contributed by atoms with Crippen LogP contribution in [0.1, 0.15) is 62.7 Å². The summed E-state index contributed by atoms with van der Waals surface area (Å²) in [7, 11) is 1.87. The van der Waals surface area contributed by atoms with Gasteiger partial charge >= 0.3 is 0 Å². The molecule has 1 aliphatic carbocycles. The quantitative estimate of drug-likeness (QED) is 0.300. The van der Waals surface area contributed by atoms with Crippen molar-refractivity contribution in [2.24, 2.45) is 0 Å². The largest absolute Gasteiger partial charge is 0.484 e. The van der Waals surface area contributed by atoms with E-state index >= 15 is 0 Å². The zero-order valence-corrected chi connectivity index (χ0v) is 27.7. The summed E-state index contributed by atoms with van der Waals surface area (Å²) in [4.78, 5) is 39.3. The Morgan fingerprint density at radius 3 is 2.39 bits per heavy atom. The molecule has 2 heterocycles. The molecule has 3 unspecified atom stereocenters. The van der Waals surface area contributed by atoms with E-state index in [1.807, 2.05) is 20.9 Å². The zero-order valence-electron chi connectivity index (χ0n) is 26.2. The molecule has 2 aromatic carbocycles. The minimum absolute atomic E-state index is 0.0300. The van der Waals surface area contributed by atoms with Crippen molar-refractivity contribution >= 4 is 40.9 Å². The van der Waals surface area contributed by atoms with Crippen LogP contribution < -0.4 is 15.4 Å². The summed E-state index contributed by atoms with van der Waals surface area (Å²) in [6.45, 7) is 7.81. The van der Waals surface area contributed by atoms with Gasteiger partial charge in [-0.25, -0.2) is 4.39 Å². The fourth-order valence-corrected chi connectivity index (χ4v) is 5.69. The van der Waals surface area contributed by atoms with E-state index in [1.165, 1.54) is 27.5 Å². The van der Waals surface area contributed by atoms with Gasteiger partial charge in [-0.3, -0.25) is 19.3 Å². The molecule has 5 rings (SSSR count). The summed E-state index contributed by atoms with van der Waals surface area (Å²) in [5.74, 6) is -1.21. The standard InChI is InChI=1S/C21H17Cl2FN2O4.C12H20N2O2/c1-10-17(25-19(27)9-30-12-3-5-15(23)16(24)7-12)8-18(10)26-20(28)13-4-2-11(22)6-14(13)21(26)29;1-8(2)10(13-4)5-6-14-11(15)7-9(3)12(14)16/h2-7,17,21,29H,8-9H2,1H3,(H,25,27);7,11,13,15H,5-6H2,1-4H3. The van der Waals surface area contributed by atoms with Crippen LogP contribution in [0.25, 0.3) is 0 Å². The number of carbonyl (C=O) groups excluding carboxylic acids is 3. The van der Waals surface area contributed by atoms with E-state index in [0.29, 0.717) is 40.4 Å².